The minimum Gasteiger partial charge on any atom is -0.496 e. The summed E-state index contributed by atoms with van der Waals surface area (Å²) in [4.78, 5) is 11.8. The fourth-order valence-corrected chi connectivity index (χ4v) is 2.63. The maximum absolute atomic E-state index is 11.8. The zero-order valence-corrected chi connectivity index (χ0v) is 13.5. The van der Waals surface area contributed by atoms with Gasteiger partial charge in [0.15, 0.2) is 11.6 Å². The number of methoxy groups -OCH3 is 1. The first-order valence-electron chi connectivity index (χ1n) is 6.86. The highest BCUT2D eigenvalue weighted by Gasteiger charge is 2.16. The average Bonchev–Trinajstić information content (AvgIpc) is 3.23. The van der Waals surface area contributed by atoms with Crippen LogP contribution in [0.3, 0.4) is 0 Å². The van der Waals surface area contributed by atoms with E-state index in [9.17, 15) is 4.79 Å². The Hall–Kier alpha value is -3.01. The maximum Gasteiger partial charge on any atom is 0.236 e. The zero-order valence-electron chi connectivity index (χ0n) is 12.7. The second kappa shape index (κ2) is 7.04. The molecule has 0 bridgehead atoms. The van der Waals surface area contributed by atoms with Gasteiger partial charge in [0.1, 0.15) is 12.0 Å². The van der Waals surface area contributed by atoms with Gasteiger partial charge in [0.2, 0.25) is 11.1 Å². The van der Waals surface area contributed by atoms with E-state index >= 15 is 0 Å². The first-order valence-corrected chi connectivity index (χ1v) is 7.84. The van der Waals surface area contributed by atoms with Gasteiger partial charge in [-0.15, -0.1) is 10.2 Å². The number of ether oxygens (including phenoxy) is 1. The molecule has 3 rings (SSSR count). The first kappa shape index (κ1) is 15.9. The summed E-state index contributed by atoms with van der Waals surface area (Å²) in [7, 11) is 1.57. The van der Waals surface area contributed by atoms with Crippen molar-refractivity contribution in [2.24, 2.45) is 0 Å². The molecule has 0 aliphatic rings. The number of anilines is 1. The van der Waals surface area contributed by atoms with Gasteiger partial charge in [-0.25, -0.2) is 4.68 Å². The van der Waals surface area contributed by atoms with Crippen LogP contribution in [0.5, 0.6) is 5.75 Å². The molecule has 1 amide bonds. The van der Waals surface area contributed by atoms with Gasteiger partial charge in [-0.2, -0.15) is 0 Å². The lowest BCUT2D eigenvalue weighted by Gasteiger charge is -2.07. The summed E-state index contributed by atoms with van der Waals surface area (Å²) >= 11 is 1.16. The van der Waals surface area contributed by atoms with E-state index in [-0.39, 0.29) is 11.7 Å². The number of carbonyl (C=O) groups excluding carboxylic acids is 1. The van der Waals surface area contributed by atoms with Crippen molar-refractivity contribution in [3.8, 4) is 17.1 Å². The van der Waals surface area contributed by atoms with Crippen LogP contribution in [0.15, 0.2) is 46.3 Å². The third-order valence-electron chi connectivity index (χ3n) is 3.05. The monoisotopic (exact) mass is 346 g/mol. The molecule has 0 saturated heterocycles. The minimum atomic E-state index is -0.254. The molecule has 24 heavy (non-hydrogen) atoms. The standard InChI is InChI=1S/C14H14N6O3S/c1-22-10-5-3-2-4-9(10)13-17-18-14(20(13)15)24-8-12(21)16-11-6-7-23-19-11/h2-7H,8,15H2,1H3,(H,16,19,21). The number of hydrogen-bond donors (Lipinski definition) is 2. The fourth-order valence-electron chi connectivity index (χ4n) is 1.97. The van der Waals surface area contributed by atoms with Gasteiger partial charge in [0, 0.05) is 6.07 Å². The van der Waals surface area contributed by atoms with Gasteiger partial charge in [-0.05, 0) is 12.1 Å². The van der Waals surface area contributed by atoms with Crippen LogP contribution in [0, 0.1) is 0 Å². The lowest BCUT2D eigenvalue weighted by atomic mass is 10.2. The summed E-state index contributed by atoms with van der Waals surface area (Å²) in [5.74, 6) is 7.33. The number of nitrogen functional groups attached to an aromatic ring is 1. The fraction of sp³-hybridized carbons (Fsp3) is 0.143. The Labute approximate surface area is 141 Å². The van der Waals surface area contributed by atoms with Crippen molar-refractivity contribution >= 4 is 23.5 Å². The molecule has 2 heterocycles. The zero-order chi connectivity index (χ0) is 16.9. The molecule has 9 nitrogen and oxygen atoms in total. The van der Waals surface area contributed by atoms with Crippen LogP contribution in [0.4, 0.5) is 5.82 Å². The SMILES string of the molecule is COc1ccccc1-c1nnc(SCC(=O)Nc2ccon2)n1N. The number of thioether (sulfide) groups is 1. The van der Waals surface area contributed by atoms with Gasteiger partial charge >= 0.3 is 0 Å². The lowest BCUT2D eigenvalue weighted by Crippen LogP contribution is -2.16. The number of amides is 1. The molecule has 0 unspecified atom stereocenters. The quantitative estimate of drug-likeness (QED) is 0.507. The van der Waals surface area contributed by atoms with Crippen molar-refractivity contribution in [3.05, 3.63) is 36.6 Å². The number of hydrogen-bond acceptors (Lipinski definition) is 8. The van der Waals surface area contributed by atoms with Crippen molar-refractivity contribution in [2.75, 3.05) is 24.0 Å². The van der Waals surface area contributed by atoms with E-state index in [4.69, 9.17) is 10.6 Å². The number of aromatic nitrogens is 4. The van der Waals surface area contributed by atoms with Gasteiger partial charge in [-0.1, -0.05) is 29.1 Å². The van der Waals surface area contributed by atoms with Crippen molar-refractivity contribution in [1.82, 2.24) is 20.0 Å². The van der Waals surface area contributed by atoms with E-state index < -0.39 is 0 Å². The first-order chi connectivity index (χ1) is 11.7. The van der Waals surface area contributed by atoms with E-state index in [0.29, 0.717) is 28.1 Å². The number of nitrogens with one attached hydrogen (secondary N) is 1. The Morgan fingerprint density at radius 1 is 1.38 bits per heavy atom. The molecular formula is C14H14N6O3S. The van der Waals surface area contributed by atoms with Crippen molar-refractivity contribution in [1.29, 1.82) is 0 Å². The van der Waals surface area contributed by atoms with Crippen LogP contribution in [-0.4, -0.2) is 38.8 Å². The minimum absolute atomic E-state index is 0.105. The Morgan fingerprint density at radius 2 is 2.21 bits per heavy atom. The van der Waals surface area contributed by atoms with E-state index in [0.717, 1.165) is 11.8 Å². The van der Waals surface area contributed by atoms with Crippen LogP contribution in [0.25, 0.3) is 11.4 Å². The number of nitrogens with zero attached hydrogens (tertiary/aromatic N) is 4. The lowest BCUT2D eigenvalue weighted by molar-refractivity contribution is -0.113. The van der Waals surface area contributed by atoms with Crippen LogP contribution in [0.2, 0.25) is 0 Å². The maximum atomic E-state index is 11.8. The van der Waals surface area contributed by atoms with Crippen LogP contribution in [-0.2, 0) is 4.79 Å². The molecule has 3 N–H and O–H groups in total. The van der Waals surface area contributed by atoms with Gasteiger partial charge < -0.3 is 20.4 Å². The molecule has 0 fully saturated rings. The van der Waals surface area contributed by atoms with Crippen LogP contribution < -0.4 is 15.9 Å². The Morgan fingerprint density at radius 3 is 2.96 bits per heavy atom. The molecule has 3 aromatic rings. The van der Waals surface area contributed by atoms with Crippen LogP contribution in [0.1, 0.15) is 0 Å². The van der Waals surface area contributed by atoms with Gasteiger partial charge in [-0.3, -0.25) is 4.79 Å². The molecule has 0 spiro atoms. The third kappa shape index (κ3) is 3.33. The van der Waals surface area contributed by atoms with Gasteiger partial charge in [0.25, 0.3) is 0 Å². The third-order valence-corrected chi connectivity index (χ3v) is 3.99. The summed E-state index contributed by atoms with van der Waals surface area (Å²) in [5.41, 5.74) is 0.717. The average molecular weight is 346 g/mol. The van der Waals surface area contributed by atoms with Crippen molar-refractivity contribution in [3.63, 3.8) is 0 Å². The van der Waals surface area contributed by atoms with Crippen LogP contribution >= 0.6 is 11.8 Å². The predicted molar refractivity (Wildman–Crippen MR) is 88.0 cm³/mol. The van der Waals surface area contributed by atoms with Gasteiger partial charge in [0.05, 0.1) is 18.4 Å². The van der Waals surface area contributed by atoms with E-state index in [2.05, 4.69) is 25.2 Å². The number of para-hydroxylation sites is 1. The highest BCUT2D eigenvalue weighted by atomic mass is 32.2. The largest absolute Gasteiger partial charge is 0.496 e. The summed E-state index contributed by atoms with van der Waals surface area (Å²) in [6, 6.07) is 8.89. The summed E-state index contributed by atoms with van der Waals surface area (Å²) in [5, 5.41) is 14.7. The summed E-state index contributed by atoms with van der Waals surface area (Å²) < 4.78 is 11.3. The highest BCUT2D eigenvalue weighted by Crippen LogP contribution is 2.29. The molecule has 0 saturated carbocycles. The number of nitrogens with two attached hydrogens (primary N) is 1. The summed E-state index contributed by atoms with van der Waals surface area (Å²) in [6.07, 6.45) is 1.37. The Kier molecular flexibility index (Phi) is 4.66. The topological polar surface area (TPSA) is 121 Å². The molecule has 0 aliphatic heterocycles. The number of benzene rings is 1. The molecule has 2 aromatic heterocycles. The van der Waals surface area contributed by atoms with Crippen molar-refractivity contribution < 1.29 is 14.1 Å². The predicted octanol–water partition coefficient (Wildman–Crippen LogP) is 1.39. The smallest absolute Gasteiger partial charge is 0.236 e. The van der Waals surface area contributed by atoms with Crippen molar-refractivity contribution in [2.45, 2.75) is 5.16 Å². The highest BCUT2D eigenvalue weighted by molar-refractivity contribution is 7.99. The second-order valence-corrected chi connectivity index (χ2v) is 5.54. The number of carbonyl (C=O) groups is 1. The molecule has 0 aliphatic carbocycles. The van der Waals surface area contributed by atoms with E-state index in [1.54, 1.807) is 13.2 Å². The molecule has 10 heteroatoms. The number of rotatable bonds is 6. The molecule has 1 aromatic carbocycles. The Balaban J connectivity index is 1.70. The summed E-state index contributed by atoms with van der Waals surface area (Å²) in [6.45, 7) is 0. The molecule has 124 valence electrons. The van der Waals surface area contributed by atoms with E-state index in [1.165, 1.54) is 10.9 Å². The second-order valence-electron chi connectivity index (χ2n) is 4.60. The Bertz CT molecular complexity index is 833. The molecule has 0 atom stereocenters. The molecule has 0 radical (unpaired) electrons. The normalized spacial score (nSPS) is 10.5. The molecular weight excluding hydrogens is 332 g/mol. The van der Waals surface area contributed by atoms with E-state index in [1.807, 2.05) is 24.3 Å².